The molecular weight excluding hydrogens is 287 g/mol. The van der Waals surface area contributed by atoms with E-state index in [1.807, 2.05) is 6.92 Å². The number of benzene rings is 1. The molecule has 0 fully saturated rings. The van der Waals surface area contributed by atoms with Crippen LogP contribution in [0.15, 0.2) is 18.2 Å². The lowest BCUT2D eigenvalue weighted by atomic mass is 10.1. The van der Waals surface area contributed by atoms with Crippen molar-refractivity contribution in [1.82, 2.24) is 5.32 Å². The third-order valence-electron chi connectivity index (χ3n) is 3.22. The molecule has 1 aliphatic heterocycles. The second kappa shape index (κ2) is 6.53. The first-order chi connectivity index (χ1) is 9.91. The van der Waals surface area contributed by atoms with Crippen molar-refractivity contribution in [3.05, 3.63) is 23.8 Å². The minimum absolute atomic E-state index is 0.0752. The molecule has 2 unspecified atom stereocenters. The molecule has 0 amide bonds. The van der Waals surface area contributed by atoms with Crippen molar-refractivity contribution in [3.63, 3.8) is 0 Å². The Morgan fingerprint density at radius 1 is 1.29 bits per heavy atom. The lowest BCUT2D eigenvalue weighted by Gasteiger charge is -2.22. The number of likely N-dealkylation sites (N-methyl/N-ethyl adjacent to an activating group) is 1. The van der Waals surface area contributed by atoms with Gasteiger partial charge in [-0.2, -0.15) is 13.2 Å². The molecule has 2 rings (SSSR count). The second-order valence-electron chi connectivity index (χ2n) is 4.74. The van der Waals surface area contributed by atoms with Crippen molar-refractivity contribution in [2.75, 3.05) is 19.9 Å². The summed E-state index contributed by atoms with van der Waals surface area (Å²) in [4.78, 5) is 0. The SMILES string of the molecule is CCNC(COC(C)C(F)(F)F)c1ccc2c(c1)OCO2. The van der Waals surface area contributed by atoms with Gasteiger partial charge in [0, 0.05) is 0 Å². The first-order valence-electron chi connectivity index (χ1n) is 6.73. The Morgan fingerprint density at radius 3 is 2.67 bits per heavy atom. The minimum atomic E-state index is -4.36. The zero-order valence-electron chi connectivity index (χ0n) is 11.9. The van der Waals surface area contributed by atoms with Crippen molar-refractivity contribution in [2.45, 2.75) is 32.2 Å². The molecule has 0 bridgehead atoms. The molecule has 1 N–H and O–H groups in total. The van der Waals surface area contributed by atoms with E-state index in [9.17, 15) is 13.2 Å². The molecule has 0 aliphatic carbocycles. The number of hydrogen-bond acceptors (Lipinski definition) is 4. The van der Waals surface area contributed by atoms with Crippen LogP contribution in [0.2, 0.25) is 0 Å². The molecule has 0 radical (unpaired) electrons. The summed E-state index contributed by atoms with van der Waals surface area (Å²) in [6.07, 6.45) is -6.15. The van der Waals surface area contributed by atoms with Gasteiger partial charge in [0.2, 0.25) is 6.79 Å². The maximum absolute atomic E-state index is 12.5. The predicted octanol–water partition coefficient (Wildman–Crippen LogP) is 3.03. The van der Waals surface area contributed by atoms with Crippen LogP contribution in [0, 0.1) is 0 Å². The smallest absolute Gasteiger partial charge is 0.414 e. The van der Waals surface area contributed by atoms with Gasteiger partial charge in [-0.1, -0.05) is 13.0 Å². The third kappa shape index (κ3) is 4.01. The normalized spacial score (nSPS) is 16.8. The van der Waals surface area contributed by atoms with Gasteiger partial charge in [0.25, 0.3) is 0 Å². The monoisotopic (exact) mass is 305 g/mol. The zero-order valence-corrected chi connectivity index (χ0v) is 11.9. The quantitative estimate of drug-likeness (QED) is 0.877. The van der Waals surface area contributed by atoms with Crippen molar-refractivity contribution in [3.8, 4) is 11.5 Å². The summed E-state index contributed by atoms with van der Waals surface area (Å²) in [7, 11) is 0. The van der Waals surface area contributed by atoms with Gasteiger partial charge >= 0.3 is 6.18 Å². The lowest BCUT2D eigenvalue weighted by Crippen LogP contribution is -2.33. The Hall–Kier alpha value is -1.47. The average molecular weight is 305 g/mol. The lowest BCUT2D eigenvalue weighted by molar-refractivity contribution is -0.215. The van der Waals surface area contributed by atoms with Crippen LogP contribution in [0.25, 0.3) is 0 Å². The average Bonchev–Trinajstić information content (AvgIpc) is 2.89. The Morgan fingerprint density at radius 2 is 2.00 bits per heavy atom. The van der Waals surface area contributed by atoms with E-state index in [2.05, 4.69) is 5.32 Å². The fraction of sp³-hybridized carbons (Fsp3) is 0.571. The molecule has 0 aromatic heterocycles. The van der Waals surface area contributed by atoms with E-state index in [0.29, 0.717) is 18.0 Å². The van der Waals surface area contributed by atoms with E-state index >= 15 is 0 Å². The van der Waals surface area contributed by atoms with Crippen LogP contribution in [0.3, 0.4) is 0 Å². The standard InChI is InChI=1S/C14H18F3NO3/c1-3-18-11(7-19-9(2)14(15,16)17)10-4-5-12-13(6-10)21-8-20-12/h4-6,9,11,18H,3,7-8H2,1-2H3. The van der Waals surface area contributed by atoms with Crippen molar-refractivity contribution >= 4 is 0 Å². The molecule has 1 aromatic rings. The molecule has 2 atom stereocenters. The Kier molecular flexibility index (Phi) is 4.95. The van der Waals surface area contributed by atoms with Crippen LogP contribution in [0.5, 0.6) is 11.5 Å². The van der Waals surface area contributed by atoms with E-state index in [0.717, 1.165) is 12.5 Å². The van der Waals surface area contributed by atoms with Crippen LogP contribution < -0.4 is 14.8 Å². The Bertz CT molecular complexity index is 479. The summed E-state index contributed by atoms with van der Waals surface area (Å²) in [5.41, 5.74) is 0.801. The summed E-state index contributed by atoms with van der Waals surface area (Å²) >= 11 is 0. The van der Waals surface area contributed by atoms with Crippen LogP contribution in [0.4, 0.5) is 13.2 Å². The maximum Gasteiger partial charge on any atom is 0.414 e. The number of alkyl halides is 3. The fourth-order valence-electron chi connectivity index (χ4n) is 1.98. The zero-order chi connectivity index (χ0) is 15.5. The number of nitrogens with one attached hydrogen (secondary N) is 1. The van der Waals surface area contributed by atoms with Crippen LogP contribution in [-0.2, 0) is 4.74 Å². The van der Waals surface area contributed by atoms with Gasteiger partial charge in [-0.05, 0) is 31.2 Å². The molecule has 1 heterocycles. The van der Waals surface area contributed by atoms with E-state index in [1.54, 1.807) is 18.2 Å². The van der Waals surface area contributed by atoms with E-state index < -0.39 is 12.3 Å². The Labute approximate surface area is 121 Å². The predicted molar refractivity (Wildman–Crippen MR) is 70.5 cm³/mol. The molecule has 4 nitrogen and oxygen atoms in total. The Balaban J connectivity index is 2.05. The highest BCUT2D eigenvalue weighted by Crippen LogP contribution is 2.34. The molecular formula is C14H18F3NO3. The number of fused-ring (bicyclic) bond motifs is 1. The van der Waals surface area contributed by atoms with E-state index in [4.69, 9.17) is 14.2 Å². The summed E-state index contributed by atoms with van der Waals surface area (Å²) < 4.78 is 52.9. The van der Waals surface area contributed by atoms with Crippen molar-refractivity contribution in [2.24, 2.45) is 0 Å². The maximum atomic E-state index is 12.5. The van der Waals surface area contributed by atoms with Crippen LogP contribution >= 0.6 is 0 Å². The van der Waals surface area contributed by atoms with Gasteiger partial charge in [0.1, 0.15) is 0 Å². The first kappa shape index (κ1) is 15.9. The van der Waals surface area contributed by atoms with Gasteiger partial charge in [0.15, 0.2) is 17.6 Å². The fourth-order valence-corrected chi connectivity index (χ4v) is 1.98. The van der Waals surface area contributed by atoms with Gasteiger partial charge in [-0.15, -0.1) is 0 Å². The van der Waals surface area contributed by atoms with Gasteiger partial charge < -0.3 is 19.5 Å². The summed E-state index contributed by atoms with van der Waals surface area (Å²) in [6.45, 7) is 3.58. The summed E-state index contributed by atoms with van der Waals surface area (Å²) in [5, 5.41) is 3.11. The van der Waals surface area contributed by atoms with E-state index in [1.165, 1.54) is 0 Å². The molecule has 1 aromatic carbocycles. The second-order valence-corrected chi connectivity index (χ2v) is 4.74. The summed E-state index contributed by atoms with van der Waals surface area (Å²) in [5.74, 6) is 1.23. The molecule has 0 saturated heterocycles. The summed E-state index contributed by atoms with van der Waals surface area (Å²) in [6, 6.07) is 4.96. The first-order valence-corrected chi connectivity index (χ1v) is 6.73. The number of halogens is 3. The minimum Gasteiger partial charge on any atom is -0.454 e. The molecule has 21 heavy (non-hydrogen) atoms. The number of hydrogen-bond donors (Lipinski definition) is 1. The molecule has 0 saturated carbocycles. The molecule has 1 aliphatic rings. The molecule has 118 valence electrons. The third-order valence-corrected chi connectivity index (χ3v) is 3.22. The largest absolute Gasteiger partial charge is 0.454 e. The van der Waals surface area contributed by atoms with Crippen LogP contribution in [-0.4, -0.2) is 32.2 Å². The number of ether oxygens (including phenoxy) is 3. The van der Waals surface area contributed by atoms with Gasteiger partial charge in [0.05, 0.1) is 12.6 Å². The van der Waals surface area contributed by atoms with Gasteiger partial charge in [-0.25, -0.2) is 0 Å². The van der Waals surface area contributed by atoms with Crippen LogP contribution in [0.1, 0.15) is 25.5 Å². The van der Waals surface area contributed by atoms with Crippen molar-refractivity contribution in [1.29, 1.82) is 0 Å². The van der Waals surface area contributed by atoms with E-state index in [-0.39, 0.29) is 19.4 Å². The molecule has 0 spiro atoms. The van der Waals surface area contributed by atoms with Gasteiger partial charge in [-0.3, -0.25) is 0 Å². The van der Waals surface area contributed by atoms with Crippen molar-refractivity contribution < 1.29 is 27.4 Å². The highest BCUT2D eigenvalue weighted by Gasteiger charge is 2.37. The molecule has 7 heteroatoms. The topological polar surface area (TPSA) is 39.7 Å². The number of rotatable bonds is 6. The highest BCUT2D eigenvalue weighted by molar-refractivity contribution is 5.45. The highest BCUT2D eigenvalue weighted by atomic mass is 19.4.